The van der Waals surface area contributed by atoms with Crippen molar-refractivity contribution in [3.05, 3.63) is 87.6 Å². The van der Waals surface area contributed by atoms with E-state index in [-0.39, 0.29) is 0 Å². The number of hydrogen-bond donors (Lipinski definition) is 2. The molecular weight excluding hydrogens is 336 g/mol. The van der Waals surface area contributed by atoms with Gasteiger partial charge in [-0.2, -0.15) is 0 Å². The second kappa shape index (κ2) is 5.20. The number of hydrogen-bond acceptors (Lipinski definition) is 3. The third kappa shape index (κ3) is 2.11. The Morgan fingerprint density at radius 2 is 1.70 bits per heavy atom. The normalized spacial score (nSPS) is 19.1. The van der Waals surface area contributed by atoms with Gasteiger partial charge in [0.2, 0.25) is 0 Å². The number of rotatable bonds is 1. The molecule has 5 nitrogen and oxygen atoms in total. The molecule has 4 aliphatic heterocycles. The van der Waals surface area contributed by atoms with Crippen LogP contribution in [-0.4, -0.2) is 21.4 Å². The Kier molecular flexibility index (Phi) is 2.81. The highest BCUT2D eigenvalue weighted by molar-refractivity contribution is 6.20. The number of aliphatic imine (C=N–C) groups is 2. The molecule has 0 saturated carbocycles. The molecule has 10 bridgehead atoms. The van der Waals surface area contributed by atoms with Gasteiger partial charge in [0, 0.05) is 10.9 Å². The molecular formula is C22H16N4O. The second-order valence-electron chi connectivity index (χ2n) is 6.82. The highest BCUT2D eigenvalue weighted by Crippen LogP contribution is 2.34. The van der Waals surface area contributed by atoms with E-state index in [1.165, 1.54) is 0 Å². The van der Waals surface area contributed by atoms with Crippen LogP contribution in [0.15, 0.2) is 75.5 Å². The van der Waals surface area contributed by atoms with Gasteiger partial charge in [0.05, 0.1) is 33.9 Å². The molecule has 0 atom stereocenters. The topological polar surface area (TPSA) is 65.5 Å². The summed E-state index contributed by atoms with van der Waals surface area (Å²) in [5.41, 5.74) is 6.70. The van der Waals surface area contributed by atoms with Gasteiger partial charge in [0.1, 0.15) is 5.70 Å². The standard InChI is InChI=1S/C22H16N4O/c1-2-14-15-5-3-12(23-15)11-13-4-6-17(24-13)21-19-9-10-20(26-19)22(27-21)18-8-7-16(14)25-18/h3-11,24,26H,2H2,1H3. The van der Waals surface area contributed by atoms with Gasteiger partial charge in [-0.25, -0.2) is 9.98 Å². The number of H-pyrrole nitrogens is 2. The first-order valence-corrected chi connectivity index (χ1v) is 9.08. The second-order valence-corrected chi connectivity index (χ2v) is 6.82. The Labute approximate surface area is 155 Å². The molecule has 0 fully saturated rings. The summed E-state index contributed by atoms with van der Waals surface area (Å²) >= 11 is 0. The molecule has 27 heavy (non-hydrogen) atoms. The van der Waals surface area contributed by atoms with E-state index in [4.69, 9.17) is 14.7 Å². The van der Waals surface area contributed by atoms with Crippen LogP contribution in [0.25, 0.3) is 17.6 Å². The Balaban J connectivity index is 1.72. The van der Waals surface area contributed by atoms with Gasteiger partial charge >= 0.3 is 0 Å². The van der Waals surface area contributed by atoms with Gasteiger partial charge in [-0.1, -0.05) is 6.92 Å². The van der Waals surface area contributed by atoms with Crippen molar-refractivity contribution in [2.24, 2.45) is 9.98 Å². The van der Waals surface area contributed by atoms with Gasteiger partial charge < -0.3 is 14.7 Å². The van der Waals surface area contributed by atoms with Gasteiger partial charge in [-0.05, 0) is 61.1 Å². The predicted octanol–water partition coefficient (Wildman–Crippen LogP) is 2.68. The van der Waals surface area contributed by atoms with Crippen LogP contribution in [0.4, 0.5) is 0 Å². The number of nitrogens with zero attached hydrogens (tertiary/aromatic N) is 2. The van der Waals surface area contributed by atoms with Crippen LogP contribution in [0.1, 0.15) is 24.7 Å². The van der Waals surface area contributed by atoms with Crippen molar-refractivity contribution >= 4 is 29.0 Å². The van der Waals surface area contributed by atoms with E-state index in [0.717, 1.165) is 68.4 Å². The first kappa shape index (κ1) is 14.6. The zero-order chi connectivity index (χ0) is 18.0. The van der Waals surface area contributed by atoms with E-state index in [9.17, 15) is 0 Å². The van der Waals surface area contributed by atoms with Crippen molar-refractivity contribution in [2.75, 3.05) is 0 Å². The maximum atomic E-state index is 6.32. The lowest BCUT2D eigenvalue weighted by Gasteiger charge is -2.16. The summed E-state index contributed by atoms with van der Waals surface area (Å²) in [5.74, 6) is 1.53. The van der Waals surface area contributed by atoms with Gasteiger partial charge in [0.25, 0.3) is 0 Å². The number of fused-ring (bicyclic) bond motifs is 10. The van der Waals surface area contributed by atoms with Crippen LogP contribution in [-0.2, 0) is 4.74 Å². The molecule has 4 aliphatic rings. The third-order valence-corrected chi connectivity index (χ3v) is 5.14. The molecule has 0 radical (unpaired) electrons. The van der Waals surface area contributed by atoms with Crippen LogP contribution in [0, 0.1) is 0 Å². The van der Waals surface area contributed by atoms with Crippen molar-refractivity contribution in [3.8, 4) is 0 Å². The molecule has 2 N–H and O–H groups in total. The Morgan fingerprint density at radius 3 is 2.59 bits per heavy atom. The number of nitrogens with one attached hydrogen (secondary N) is 2. The highest BCUT2D eigenvalue weighted by atomic mass is 16.5. The Bertz CT molecular complexity index is 1320. The molecule has 0 unspecified atom stereocenters. The number of aromatic amines is 2. The largest absolute Gasteiger partial charge is 0.448 e. The monoisotopic (exact) mass is 352 g/mol. The van der Waals surface area contributed by atoms with E-state index in [1.54, 1.807) is 0 Å². The van der Waals surface area contributed by atoms with Crippen molar-refractivity contribution in [2.45, 2.75) is 13.3 Å². The van der Waals surface area contributed by atoms with E-state index in [0.29, 0.717) is 0 Å². The van der Waals surface area contributed by atoms with Crippen LogP contribution in [0.3, 0.4) is 0 Å². The quantitative estimate of drug-likeness (QED) is 0.814. The molecule has 2 aromatic rings. The lowest BCUT2D eigenvalue weighted by atomic mass is 10.1. The zero-order valence-electron chi connectivity index (χ0n) is 14.7. The summed E-state index contributed by atoms with van der Waals surface area (Å²) in [7, 11) is 0. The minimum atomic E-state index is 0.748. The first-order valence-electron chi connectivity index (χ1n) is 9.08. The molecule has 2 aromatic heterocycles. The molecule has 0 aliphatic carbocycles. The molecule has 0 saturated heterocycles. The maximum absolute atomic E-state index is 6.32. The molecule has 5 heteroatoms. The minimum Gasteiger partial charge on any atom is -0.448 e. The van der Waals surface area contributed by atoms with E-state index in [1.807, 2.05) is 48.6 Å². The summed E-state index contributed by atoms with van der Waals surface area (Å²) in [4.78, 5) is 16.5. The SMILES string of the molecule is CCC1=C2C=CC(=N2)C=c2ccc([nH]2)=C2OC(=C3C=CC1=N3)c1ccc2[nH]1. The van der Waals surface area contributed by atoms with Gasteiger partial charge in [0.15, 0.2) is 11.5 Å². The Morgan fingerprint density at radius 1 is 0.852 bits per heavy atom. The molecule has 0 amide bonds. The minimum absolute atomic E-state index is 0.748. The molecule has 0 aromatic carbocycles. The van der Waals surface area contributed by atoms with Gasteiger partial charge in [-0.3, -0.25) is 0 Å². The summed E-state index contributed by atoms with van der Waals surface area (Å²) in [5, 5.41) is 1.91. The van der Waals surface area contributed by atoms with Crippen LogP contribution in [0.5, 0.6) is 0 Å². The fraction of sp³-hybridized carbons (Fsp3) is 0.0909. The molecule has 0 spiro atoms. The summed E-state index contributed by atoms with van der Waals surface area (Å²) in [6.07, 6.45) is 11.1. The third-order valence-electron chi connectivity index (χ3n) is 5.14. The lowest BCUT2D eigenvalue weighted by molar-refractivity contribution is 0.450. The average molecular weight is 352 g/mol. The summed E-state index contributed by atoms with van der Waals surface area (Å²) < 4.78 is 6.32. The molecule has 6 heterocycles. The van der Waals surface area contributed by atoms with Crippen molar-refractivity contribution < 1.29 is 4.74 Å². The zero-order valence-corrected chi connectivity index (χ0v) is 14.7. The van der Waals surface area contributed by atoms with E-state index < -0.39 is 0 Å². The lowest BCUT2D eigenvalue weighted by Crippen LogP contribution is -2.17. The van der Waals surface area contributed by atoms with E-state index in [2.05, 4.69) is 23.0 Å². The smallest absolute Gasteiger partial charge is 0.176 e. The fourth-order valence-electron chi connectivity index (χ4n) is 3.83. The first-order chi connectivity index (χ1) is 13.3. The van der Waals surface area contributed by atoms with Gasteiger partial charge in [-0.15, -0.1) is 0 Å². The molecule has 6 rings (SSSR count). The van der Waals surface area contributed by atoms with Crippen molar-refractivity contribution in [1.82, 2.24) is 9.97 Å². The predicted molar refractivity (Wildman–Crippen MR) is 106 cm³/mol. The van der Waals surface area contributed by atoms with Crippen LogP contribution >= 0.6 is 0 Å². The Hall–Kier alpha value is -3.60. The van der Waals surface area contributed by atoms with Crippen LogP contribution in [0.2, 0.25) is 0 Å². The number of ether oxygens (including phenoxy) is 1. The van der Waals surface area contributed by atoms with Crippen LogP contribution < -0.4 is 10.7 Å². The van der Waals surface area contributed by atoms with E-state index >= 15 is 0 Å². The molecule has 130 valence electrons. The fourth-order valence-corrected chi connectivity index (χ4v) is 3.83. The maximum Gasteiger partial charge on any atom is 0.176 e. The number of allylic oxidation sites excluding steroid dienone is 5. The summed E-state index contributed by atoms with van der Waals surface area (Å²) in [6, 6.07) is 8.15. The van der Waals surface area contributed by atoms with Crippen molar-refractivity contribution in [1.29, 1.82) is 0 Å². The highest BCUT2D eigenvalue weighted by Gasteiger charge is 2.25. The van der Waals surface area contributed by atoms with Crippen molar-refractivity contribution in [3.63, 3.8) is 0 Å². The number of aromatic nitrogens is 2. The average Bonchev–Trinajstić information content (AvgIpc) is 3.45. The summed E-state index contributed by atoms with van der Waals surface area (Å²) in [6.45, 7) is 2.13.